The van der Waals surface area contributed by atoms with Crippen LogP contribution >= 0.6 is 22.6 Å². The summed E-state index contributed by atoms with van der Waals surface area (Å²) in [4.78, 5) is 11.9. The van der Waals surface area contributed by atoms with Crippen molar-refractivity contribution in [3.8, 4) is 0 Å². The molecule has 14 heavy (non-hydrogen) atoms. The van der Waals surface area contributed by atoms with Crippen LogP contribution in [0.25, 0.3) is 0 Å². The zero-order chi connectivity index (χ0) is 9.97. The van der Waals surface area contributed by atoms with E-state index >= 15 is 0 Å². The molecule has 0 unspecified atom stereocenters. The van der Waals surface area contributed by atoms with E-state index in [4.69, 9.17) is 0 Å². The summed E-state index contributed by atoms with van der Waals surface area (Å²) >= 11 is 2.18. The molecule has 1 aliphatic rings. The van der Waals surface area contributed by atoms with Crippen LogP contribution in [-0.4, -0.2) is 5.78 Å². The summed E-state index contributed by atoms with van der Waals surface area (Å²) in [6.45, 7) is 0. The minimum atomic E-state index is 0.0972. The fourth-order valence-electron chi connectivity index (χ4n) is 1.33. The molecule has 1 aromatic rings. The van der Waals surface area contributed by atoms with Gasteiger partial charge in [-0.25, -0.2) is 0 Å². The molecule has 0 spiro atoms. The Balaban J connectivity index is 2.16. The zero-order valence-corrected chi connectivity index (χ0v) is 9.56. The van der Waals surface area contributed by atoms with Crippen LogP contribution in [0.2, 0.25) is 0 Å². The molecule has 5 radical (unpaired) electrons. The first kappa shape index (κ1) is 10.1. The second-order valence-electron chi connectivity index (χ2n) is 2.98. The SMILES string of the molecule is O=C([C]1[CH][CH][CH][C]1I)c1ccccc1. The normalized spacial score (nSPS) is 18.6. The Kier molecular flexibility index (Phi) is 3.21. The minimum absolute atomic E-state index is 0.0972. The zero-order valence-electron chi connectivity index (χ0n) is 7.41. The van der Waals surface area contributed by atoms with Gasteiger partial charge in [-0.1, -0.05) is 52.9 Å². The van der Waals surface area contributed by atoms with Crippen LogP contribution in [0, 0.1) is 29.1 Å². The highest BCUT2D eigenvalue weighted by Gasteiger charge is 2.33. The van der Waals surface area contributed by atoms with E-state index in [1.165, 1.54) is 0 Å². The Labute approximate surface area is 98.0 Å². The summed E-state index contributed by atoms with van der Waals surface area (Å²) in [5.74, 6) is 0.886. The van der Waals surface area contributed by atoms with Crippen LogP contribution in [0.1, 0.15) is 10.4 Å². The third-order valence-electron chi connectivity index (χ3n) is 2.04. The lowest BCUT2D eigenvalue weighted by molar-refractivity contribution is 0.101. The largest absolute Gasteiger partial charge is 0.293 e. The van der Waals surface area contributed by atoms with E-state index in [9.17, 15) is 4.79 Å². The lowest BCUT2D eigenvalue weighted by Gasteiger charge is -2.10. The number of hydrogen-bond acceptors (Lipinski definition) is 1. The van der Waals surface area contributed by atoms with Crippen molar-refractivity contribution in [3.63, 3.8) is 0 Å². The summed E-state index contributed by atoms with van der Waals surface area (Å²) in [6, 6.07) is 9.34. The fraction of sp³-hybridized carbons (Fsp3) is 0. The molecule has 1 saturated carbocycles. The molecular weight excluding hydrogens is 287 g/mol. The number of carbonyl (C=O) groups excluding carboxylic acids is 1. The molecule has 2 heteroatoms. The van der Waals surface area contributed by atoms with E-state index in [2.05, 4.69) is 22.6 Å². The molecule has 0 saturated heterocycles. The molecular formula is C12H8IO. The molecule has 0 aliphatic heterocycles. The van der Waals surface area contributed by atoms with Crippen molar-refractivity contribution in [2.45, 2.75) is 0 Å². The Morgan fingerprint density at radius 1 is 1.07 bits per heavy atom. The van der Waals surface area contributed by atoms with Gasteiger partial charge >= 0.3 is 0 Å². The quantitative estimate of drug-likeness (QED) is 0.605. The Hall–Kier alpha value is -0.380. The number of benzene rings is 1. The molecule has 0 amide bonds. The lowest BCUT2D eigenvalue weighted by atomic mass is 9.96. The van der Waals surface area contributed by atoms with Crippen molar-refractivity contribution in [2.75, 3.05) is 0 Å². The number of ketones is 1. The van der Waals surface area contributed by atoms with Crippen LogP contribution in [0.4, 0.5) is 0 Å². The standard InChI is InChI=1S/C12H8IO/c13-11-8-4-7-10(11)12(14)9-5-2-1-3-6-9/h1-8H. The van der Waals surface area contributed by atoms with Gasteiger partial charge in [0.15, 0.2) is 5.78 Å². The van der Waals surface area contributed by atoms with Crippen LogP contribution in [0.3, 0.4) is 0 Å². The van der Waals surface area contributed by atoms with E-state index in [-0.39, 0.29) is 5.78 Å². The molecule has 0 atom stereocenters. The average Bonchev–Trinajstić information content (AvgIpc) is 2.65. The number of hydrogen-bond donors (Lipinski definition) is 0. The molecule has 1 aliphatic carbocycles. The smallest absolute Gasteiger partial charge is 0.171 e. The monoisotopic (exact) mass is 295 g/mol. The van der Waals surface area contributed by atoms with Gasteiger partial charge < -0.3 is 0 Å². The number of carbonyl (C=O) groups is 1. The maximum absolute atomic E-state index is 11.9. The molecule has 69 valence electrons. The lowest BCUT2D eigenvalue weighted by Crippen LogP contribution is -2.12. The molecule has 1 nitrogen and oxygen atoms in total. The predicted molar refractivity (Wildman–Crippen MR) is 64.2 cm³/mol. The Morgan fingerprint density at radius 2 is 1.79 bits per heavy atom. The maximum atomic E-state index is 11.9. The second-order valence-corrected chi connectivity index (χ2v) is 4.14. The number of rotatable bonds is 2. The van der Waals surface area contributed by atoms with Crippen molar-refractivity contribution in [3.05, 3.63) is 65.0 Å². The molecule has 1 fully saturated rings. The molecule has 0 bridgehead atoms. The summed E-state index contributed by atoms with van der Waals surface area (Å²) in [5.41, 5.74) is 0.747. The van der Waals surface area contributed by atoms with Gasteiger partial charge in [0.25, 0.3) is 0 Å². The molecule has 2 rings (SSSR count). The molecule has 0 heterocycles. The van der Waals surface area contributed by atoms with E-state index in [1.807, 2.05) is 49.6 Å². The van der Waals surface area contributed by atoms with Crippen LogP contribution in [-0.2, 0) is 0 Å². The van der Waals surface area contributed by atoms with Crippen molar-refractivity contribution in [2.24, 2.45) is 0 Å². The van der Waals surface area contributed by atoms with Gasteiger partial charge in [0.05, 0.1) is 9.84 Å². The molecule has 0 aromatic heterocycles. The van der Waals surface area contributed by atoms with Crippen molar-refractivity contribution in [1.82, 2.24) is 0 Å². The van der Waals surface area contributed by atoms with Gasteiger partial charge in [0, 0.05) is 5.56 Å². The van der Waals surface area contributed by atoms with Gasteiger partial charge in [-0.3, -0.25) is 4.79 Å². The highest BCUT2D eigenvalue weighted by atomic mass is 127. The maximum Gasteiger partial charge on any atom is 0.171 e. The Morgan fingerprint density at radius 3 is 2.36 bits per heavy atom. The summed E-state index contributed by atoms with van der Waals surface area (Å²) < 4.78 is 1.01. The highest BCUT2D eigenvalue weighted by Crippen LogP contribution is 2.39. The van der Waals surface area contributed by atoms with Gasteiger partial charge in [-0.15, -0.1) is 0 Å². The first-order valence-corrected chi connectivity index (χ1v) is 5.38. The topological polar surface area (TPSA) is 17.1 Å². The van der Waals surface area contributed by atoms with Crippen LogP contribution in [0.15, 0.2) is 30.3 Å². The highest BCUT2D eigenvalue weighted by molar-refractivity contribution is 14.1. The third-order valence-corrected chi connectivity index (χ3v) is 2.98. The summed E-state index contributed by atoms with van der Waals surface area (Å²) in [5, 5.41) is 0. The summed E-state index contributed by atoms with van der Waals surface area (Å²) in [6.07, 6.45) is 5.70. The minimum Gasteiger partial charge on any atom is -0.293 e. The van der Waals surface area contributed by atoms with Crippen molar-refractivity contribution >= 4 is 28.4 Å². The van der Waals surface area contributed by atoms with Crippen molar-refractivity contribution < 1.29 is 4.79 Å². The van der Waals surface area contributed by atoms with Gasteiger partial charge in [-0.2, -0.15) is 0 Å². The Bertz CT molecular complexity index is 320. The van der Waals surface area contributed by atoms with E-state index in [1.54, 1.807) is 0 Å². The van der Waals surface area contributed by atoms with Gasteiger partial charge in [0.1, 0.15) is 0 Å². The predicted octanol–water partition coefficient (Wildman–Crippen LogP) is 3.04. The van der Waals surface area contributed by atoms with Gasteiger partial charge in [0.2, 0.25) is 0 Å². The molecule has 1 aromatic carbocycles. The first-order valence-electron chi connectivity index (χ1n) is 4.30. The van der Waals surface area contributed by atoms with Crippen LogP contribution in [0.5, 0.6) is 0 Å². The van der Waals surface area contributed by atoms with E-state index in [0.29, 0.717) is 0 Å². The van der Waals surface area contributed by atoms with Gasteiger partial charge in [-0.05, 0) is 19.3 Å². The fourth-order valence-corrected chi connectivity index (χ4v) is 1.96. The molecule has 0 N–H and O–H groups in total. The average molecular weight is 295 g/mol. The van der Waals surface area contributed by atoms with E-state index in [0.717, 1.165) is 15.4 Å². The number of halogens is 1. The van der Waals surface area contributed by atoms with E-state index < -0.39 is 0 Å². The summed E-state index contributed by atoms with van der Waals surface area (Å²) in [7, 11) is 0. The van der Waals surface area contributed by atoms with Crippen LogP contribution < -0.4 is 0 Å². The third kappa shape index (κ3) is 2.00. The second kappa shape index (κ2) is 4.43. The number of Topliss-reactive ketones (excluding diaryl/α,β-unsaturated/α-hetero) is 1. The first-order chi connectivity index (χ1) is 6.79. The van der Waals surface area contributed by atoms with Crippen molar-refractivity contribution in [1.29, 1.82) is 0 Å².